The van der Waals surface area contributed by atoms with Gasteiger partial charge in [-0.1, -0.05) is 13.8 Å². The molecule has 0 aromatic carbocycles. The Balaban J connectivity index is 3.00. The van der Waals surface area contributed by atoms with Crippen LogP contribution in [0.1, 0.15) is 26.3 Å². The number of hydrogen-bond donors (Lipinski definition) is 0. The van der Waals surface area contributed by atoms with Gasteiger partial charge in [0.2, 0.25) is 5.91 Å². The topological polar surface area (TPSA) is 33.2 Å². The third kappa shape index (κ3) is 3.05. The Labute approximate surface area is 91.1 Å². The van der Waals surface area contributed by atoms with E-state index in [1.165, 1.54) is 5.56 Å². The van der Waals surface area contributed by atoms with Crippen LogP contribution < -0.4 is 4.90 Å². The van der Waals surface area contributed by atoms with Crippen molar-refractivity contribution in [2.75, 3.05) is 11.9 Å². The van der Waals surface area contributed by atoms with Crippen molar-refractivity contribution in [3.05, 3.63) is 24.0 Å². The van der Waals surface area contributed by atoms with Gasteiger partial charge in [0.25, 0.3) is 0 Å². The van der Waals surface area contributed by atoms with E-state index in [4.69, 9.17) is 0 Å². The van der Waals surface area contributed by atoms with Crippen LogP contribution in [0, 0.1) is 5.92 Å². The molecule has 0 bridgehead atoms. The highest BCUT2D eigenvalue weighted by Gasteiger charge is 2.11. The molecule has 0 saturated carbocycles. The maximum Gasteiger partial charge on any atom is 0.223 e. The summed E-state index contributed by atoms with van der Waals surface area (Å²) in [6, 6.07) is 1.98. The minimum Gasteiger partial charge on any atom is -0.314 e. The van der Waals surface area contributed by atoms with Gasteiger partial charge >= 0.3 is 0 Å². The molecule has 82 valence electrons. The van der Waals surface area contributed by atoms with E-state index >= 15 is 0 Å². The maximum absolute atomic E-state index is 11.3. The Morgan fingerprint density at radius 3 is 2.73 bits per heavy atom. The van der Waals surface area contributed by atoms with Gasteiger partial charge in [0.1, 0.15) is 0 Å². The van der Waals surface area contributed by atoms with Crippen molar-refractivity contribution < 1.29 is 4.79 Å². The Kier molecular flexibility index (Phi) is 3.83. The number of aromatic nitrogens is 1. The van der Waals surface area contributed by atoms with Crippen LogP contribution in [0.15, 0.2) is 18.5 Å². The molecule has 0 saturated heterocycles. The van der Waals surface area contributed by atoms with Crippen molar-refractivity contribution in [3.8, 4) is 0 Å². The van der Waals surface area contributed by atoms with Crippen LogP contribution in [-0.4, -0.2) is 17.9 Å². The zero-order valence-corrected chi connectivity index (χ0v) is 9.82. The predicted octanol–water partition coefficient (Wildman–Crippen LogP) is 2.26. The lowest BCUT2D eigenvalue weighted by Gasteiger charge is -2.19. The van der Waals surface area contributed by atoms with Gasteiger partial charge in [0, 0.05) is 20.2 Å². The SMILES string of the molecule is CC(=O)N(C)c1cnccc1CC(C)C. The van der Waals surface area contributed by atoms with E-state index in [1.54, 1.807) is 31.3 Å². The largest absolute Gasteiger partial charge is 0.314 e. The molecule has 1 heterocycles. The summed E-state index contributed by atoms with van der Waals surface area (Å²) in [5.74, 6) is 0.611. The Hall–Kier alpha value is -1.38. The minimum atomic E-state index is 0.0352. The highest BCUT2D eigenvalue weighted by molar-refractivity contribution is 5.91. The fourth-order valence-electron chi connectivity index (χ4n) is 1.50. The lowest BCUT2D eigenvalue weighted by atomic mass is 10.0. The van der Waals surface area contributed by atoms with Crippen LogP contribution in [0.2, 0.25) is 0 Å². The summed E-state index contributed by atoms with van der Waals surface area (Å²) in [5, 5.41) is 0. The first-order valence-electron chi connectivity index (χ1n) is 5.19. The second kappa shape index (κ2) is 4.91. The summed E-state index contributed by atoms with van der Waals surface area (Å²) in [6.07, 6.45) is 4.49. The van der Waals surface area contributed by atoms with Crippen molar-refractivity contribution >= 4 is 11.6 Å². The number of rotatable bonds is 3. The van der Waals surface area contributed by atoms with Gasteiger partial charge in [-0.25, -0.2) is 0 Å². The summed E-state index contributed by atoms with van der Waals surface area (Å²) in [7, 11) is 1.78. The second-order valence-electron chi connectivity index (χ2n) is 4.18. The first kappa shape index (κ1) is 11.7. The van der Waals surface area contributed by atoms with E-state index in [0.717, 1.165) is 12.1 Å². The standard InChI is InChI=1S/C12H18N2O/c1-9(2)7-11-5-6-13-8-12(11)14(4)10(3)15/h5-6,8-9H,7H2,1-4H3. The number of carbonyl (C=O) groups excluding carboxylic acids is 1. The molecule has 1 aromatic heterocycles. The molecule has 0 fully saturated rings. The molecule has 0 unspecified atom stereocenters. The van der Waals surface area contributed by atoms with Gasteiger partial charge in [0.05, 0.1) is 11.9 Å². The molecule has 3 heteroatoms. The Morgan fingerprint density at radius 2 is 2.20 bits per heavy atom. The van der Waals surface area contributed by atoms with Crippen LogP contribution in [0.25, 0.3) is 0 Å². The van der Waals surface area contributed by atoms with Gasteiger partial charge < -0.3 is 4.90 Å². The molecule has 0 radical (unpaired) electrons. The molecule has 0 aliphatic rings. The van der Waals surface area contributed by atoms with Crippen molar-refractivity contribution in [1.82, 2.24) is 4.98 Å². The maximum atomic E-state index is 11.3. The van der Waals surface area contributed by atoms with Crippen LogP contribution in [0.4, 0.5) is 5.69 Å². The molecule has 0 aliphatic carbocycles. The minimum absolute atomic E-state index is 0.0352. The molecule has 15 heavy (non-hydrogen) atoms. The molecule has 0 spiro atoms. The predicted molar refractivity (Wildman–Crippen MR) is 61.9 cm³/mol. The van der Waals surface area contributed by atoms with E-state index < -0.39 is 0 Å². The highest BCUT2D eigenvalue weighted by Crippen LogP contribution is 2.20. The Morgan fingerprint density at radius 1 is 1.53 bits per heavy atom. The number of pyridine rings is 1. The molecule has 1 aromatic rings. The first-order valence-corrected chi connectivity index (χ1v) is 5.19. The van der Waals surface area contributed by atoms with E-state index in [9.17, 15) is 4.79 Å². The van der Waals surface area contributed by atoms with E-state index in [2.05, 4.69) is 18.8 Å². The quantitative estimate of drug-likeness (QED) is 0.760. The monoisotopic (exact) mass is 206 g/mol. The van der Waals surface area contributed by atoms with Crippen molar-refractivity contribution in [2.45, 2.75) is 27.2 Å². The second-order valence-corrected chi connectivity index (χ2v) is 4.18. The third-order valence-corrected chi connectivity index (χ3v) is 2.35. The molecule has 0 aliphatic heterocycles. The highest BCUT2D eigenvalue weighted by atomic mass is 16.2. The molecule has 0 N–H and O–H groups in total. The van der Waals surface area contributed by atoms with Gasteiger partial charge in [-0.2, -0.15) is 0 Å². The molecule has 0 atom stereocenters. The van der Waals surface area contributed by atoms with Crippen molar-refractivity contribution in [3.63, 3.8) is 0 Å². The number of carbonyl (C=O) groups is 1. The fraction of sp³-hybridized carbons (Fsp3) is 0.500. The van der Waals surface area contributed by atoms with Crippen molar-refractivity contribution in [1.29, 1.82) is 0 Å². The Bertz CT molecular complexity index is 347. The lowest BCUT2D eigenvalue weighted by Crippen LogP contribution is -2.24. The van der Waals surface area contributed by atoms with E-state index in [-0.39, 0.29) is 5.91 Å². The van der Waals surface area contributed by atoms with Gasteiger partial charge in [-0.15, -0.1) is 0 Å². The summed E-state index contributed by atoms with van der Waals surface area (Å²) in [5.41, 5.74) is 2.09. The van der Waals surface area contributed by atoms with E-state index in [0.29, 0.717) is 5.92 Å². The smallest absolute Gasteiger partial charge is 0.223 e. The summed E-state index contributed by atoms with van der Waals surface area (Å²) in [4.78, 5) is 17.0. The van der Waals surface area contributed by atoms with Crippen molar-refractivity contribution in [2.24, 2.45) is 5.92 Å². The summed E-state index contributed by atoms with van der Waals surface area (Å²) < 4.78 is 0. The lowest BCUT2D eigenvalue weighted by molar-refractivity contribution is -0.116. The fourth-order valence-corrected chi connectivity index (χ4v) is 1.50. The number of anilines is 1. The zero-order valence-electron chi connectivity index (χ0n) is 9.82. The summed E-state index contributed by atoms with van der Waals surface area (Å²) >= 11 is 0. The number of nitrogens with zero attached hydrogens (tertiary/aromatic N) is 2. The molecule has 1 rings (SSSR count). The first-order chi connectivity index (χ1) is 7.02. The normalized spacial score (nSPS) is 10.5. The average Bonchev–Trinajstić information content (AvgIpc) is 2.16. The number of hydrogen-bond acceptors (Lipinski definition) is 2. The van der Waals surface area contributed by atoms with Gasteiger partial charge in [0.15, 0.2) is 0 Å². The molecular weight excluding hydrogens is 188 g/mol. The molecule has 1 amide bonds. The summed E-state index contributed by atoms with van der Waals surface area (Å²) in [6.45, 7) is 5.89. The van der Waals surface area contributed by atoms with Crippen LogP contribution in [-0.2, 0) is 11.2 Å². The van der Waals surface area contributed by atoms with Crippen LogP contribution >= 0.6 is 0 Å². The van der Waals surface area contributed by atoms with Gasteiger partial charge in [-0.3, -0.25) is 9.78 Å². The zero-order chi connectivity index (χ0) is 11.4. The number of amides is 1. The van der Waals surface area contributed by atoms with E-state index in [1.807, 2.05) is 6.07 Å². The third-order valence-electron chi connectivity index (χ3n) is 2.35. The van der Waals surface area contributed by atoms with Crippen LogP contribution in [0.3, 0.4) is 0 Å². The molecule has 3 nitrogen and oxygen atoms in total. The molecular formula is C12H18N2O. The average molecular weight is 206 g/mol. The van der Waals surface area contributed by atoms with Gasteiger partial charge in [-0.05, 0) is 24.0 Å². The van der Waals surface area contributed by atoms with Crippen LogP contribution in [0.5, 0.6) is 0 Å².